The Morgan fingerprint density at radius 3 is 2.81 bits per heavy atom. The number of aliphatic hydroxyl groups excluding tert-OH is 1. The van der Waals surface area contributed by atoms with Crippen molar-refractivity contribution in [2.45, 2.75) is 25.7 Å². The van der Waals surface area contributed by atoms with Crippen molar-refractivity contribution >= 4 is 23.2 Å². The van der Waals surface area contributed by atoms with E-state index >= 15 is 0 Å². The van der Waals surface area contributed by atoms with Crippen LogP contribution in [-0.2, 0) is 10.2 Å². The van der Waals surface area contributed by atoms with Gasteiger partial charge in [-0.15, -0.1) is 0 Å². The molecule has 2 aromatic carbocycles. The SMILES string of the molecule is CC(=O)NCCCOc1ccc(C#N)cc1Nc1nccc(-c2cc(C#N)c3c(c2)C(C)(CO)CN3)n1. The van der Waals surface area contributed by atoms with Crippen molar-refractivity contribution in [2.75, 3.05) is 36.9 Å². The van der Waals surface area contributed by atoms with Crippen molar-refractivity contribution in [3.05, 3.63) is 59.3 Å². The Bertz CT molecular complexity index is 1410. The van der Waals surface area contributed by atoms with Gasteiger partial charge in [-0.25, -0.2) is 9.97 Å². The zero-order chi connectivity index (χ0) is 26.4. The van der Waals surface area contributed by atoms with Crippen LogP contribution in [-0.4, -0.2) is 47.3 Å². The van der Waals surface area contributed by atoms with Gasteiger partial charge < -0.3 is 25.8 Å². The van der Waals surface area contributed by atoms with Gasteiger partial charge in [-0.2, -0.15) is 10.5 Å². The van der Waals surface area contributed by atoms with Crippen LogP contribution in [0.1, 0.15) is 37.0 Å². The van der Waals surface area contributed by atoms with E-state index in [1.54, 1.807) is 36.5 Å². The van der Waals surface area contributed by atoms with Crippen molar-refractivity contribution < 1.29 is 14.6 Å². The van der Waals surface area contributed by atoms with E-state index in [1.165, 1.54) is 6.92 Å². The third-order valence-corrected chi connectivity index (χ3v) is 6.17. The van der Waals surface area contributed by atoms with Gasteiger partial charge in [0.2, 0.25) is 11.9 Å². The summed E-state index contributed by atoms with van der Waals surface area (Å²) in [5.41, 5.74) is 3.88. The van der Waals surface area contributed by atoms with E-state index in [1.807, 2.05) is 13.0 Å². The quantitative estimate of drug-likeness (QED) is 0.326. The summed E-state index contributed by atoms with van der Waals surface area (Å²) in [7, 11) is 0. The average molecular weight is 498 g/mol. The summed E-state index contributed by atoms with van der Waals surface area (Å²) in [5.74, 6) is 0.711. The van der Waals surface area contributed by atoms with Crippen molar-refractivity contribution in [2.24, 2.45) is 0 Å². The van der Waals surface area contributed by atoms with Gasteiger partial charge in [0.1, 0.15) is 11.8 Å². The molecule has 0 saturated heterocycles. The van der Waals surface area contributed by atoms with E-state index in [9.17, 15) is 20.4 Å². The summed E-state index contributed by atoms with van der Waals surface area (Å²) in [6, 6.07) is 14.8. The summed E-state index contributed by atoms with van der Waals surface area (Å²) < 4.78 is 5.88. The Morgan fingerprint density at radius 1 is 1.24 bits per heavy atom. The van der Waals surface area contributed by atoms with Crippen LogP contribution in [0, 0.1) is 22.7 Å². The molecule has 0 saturated carbocycles. The molecule has 0 bridgehead atoms. The predicted octanol–water partition coefficient (Wildman–Crippen LogP) is 3.21. The zero-order valence-electron chi connectivity index (χ0n) is 20.6. The maximum absolute atomic E-state index is 11.0. The minimum Gasteiger partial charge on any atom is -0.491 e. The first kappa shape index (κ1) is 25.4. The second-order valence-corrected chi connectivity index (χ2v) is 9.03. The molecule has 1 aromatic heterocycles. The van der Waals surface area contributed by atoms with E-state index in [-0.39, 0.29) is 18.5 Å². The number of fused-ring (bicyclic) bond motifs is 1. The Hall–Kier alpha value is -4.67. The summed E-state index contributed by atoms with van der Waals surface area (Å²) in [6.45, 7) is 4.76. The number of nitrogens with zero attached hydrogens (tertiary/aromatic N) is 4. The smallest absolute Gasteiger partial charge is 0.227 e. The molecule has 0 radical (unpaired) electrons. The normalized spacial score (nSPS) is 15.6. The van der Waals surface area contributed by atoms with E-state index in [4.69, 9.17) is 4.74 Å². The first-order valence-corrected chi connectivity index (χ1v) is 11.8. The number of nitriles is 2. The lowest BCUT2D eigenvalue weighted by Gasteiger charge is -2.21. The van der Waals surface area contributed by atoms with Gasteiger partial charge in [-0.3, -0.25) is 4.79 Å². The first-order chi connectivity index (χ1) is 17.9. The fraction of sp³-hybridized carbons (Fsp3) is 0.296. The standard InChI is InChI=1S/C27H27N7O3/c1-17(36)30-7-3-9-37-24-5-4-18(13-28)10-23(24)34-26-31-8-6-22(33-26)19-11-20(14-29)25-21(12-19)27(2,16-35)15-32-25/h4-6,8,10-12,32,35H,3,7,9,15-16H2,1-2H3,(H,30,36)(H,31,33,34). The molecular formula is C27H27N7O3. The lowest BCUT2D eigenvalue weighted by molar-refractivity contribution is -0.118. The molecule has 37 heavy (non-hydrogen) atoms. The van der Waals surface area contributed by atoms with Gasteiger partial charge in [0.15, 0.2) is 0 Å². The van der Waals surface area contributed by atoms with Crippen LogP contribution < -0.4 is 20.7 Å². The van der Waals surface area contributed by atoms with Gasteiger partial charge in [-0.05, 0) is 48.4 Å². The molecule has 2 heterocycles. The number of aliphatic hydroxyl groups is 1. The number of anilines is 3. The Kier molecular flexibility index (Phi) is 7.52. The van der Waals surface area contributed by atoms with Crippen LogP contribution in [0.2, 0.25) is 0 Å². The highest BCUT2D eigenvalue weighted by molar-refractivity contribution is 5.77. The Morgan fingerprint density at radius 2 is 2.08 bits per heavy atom. The summed E-state index contributed by atoms with van der Waals surface area (Å²) in [4.78, 5) is 20.0. The number of nitrogens with one attached hydrogen (secondary N) is 3. The van der Waals surface area contributed by atoms with E-state index < -0.39 is 5.41 Å². The number of carbonyl (C=O) groups excluding carboxylic acids is 1. The number of benzene rings is 2. The molecule has 0 spiro atoms. The Balaban J connectivity index is 1.60. The van der Waals surface area contributed by atoms with Crippen LogP contribution >= 0.6 is 0 Å². The molecule has 10 nitrogen and oxygen atoms in total. The number of amides is 1. The number of rotatable bonds is 9. The molecule has 1 aliphatic heterocycles. The summed E-state index contributed by atoms with van der Waals surface area (Å²) in [5, 5.41) is 38.2. The second-order valence-electron chi connectivity index (χ2n) is 9.03. The van der Waals surface area contributed by atoms with Crippen molar-refractivity contribution in [1.82, 2.24) is 15.3 Å². The molecular weight excluding hydrogens is 470 g/mol. The molecule has 4 rings (SSSR count). The highest BCUT2D eigenvalue weighted by Crippen LogP contribution is 2.41. The van der Waals surface area contributed by atoms with Gasteiger partial charge in [0, 0.05) is 37.2 Å². The minimum absolute atomic E-state index is 0.0548. The van der Waals surface area contributed by atoms with Gasteiger partial charge >= 0.3 is 0 Å². The maximum atomic E-state index is 11.0. The molecule has 0 aliphatic carbocycles. The highest BCUT2D eigenvalue weighted by Gasteiger charge is 2.36. The molecule has 4 N–H and O–H groups in total. The molecule has 3 aromatic rings. The van der Waals surface area contributed by atoms with E-state index in [2.05, 4.69) is 38.1 Å². The fourth-order valence-corrected chi connectivity index (χ4v) is 4.11. The van der Waals surface area contributed by atoms with Crippen LogP contribution in [0.25, 0.3) is 11.3 Å². The second kappa shape index (κ2) is 10.9. The number of aromatic nitrogens is 2. The molecule has 188 valence electrons. The largest absolute Gasteiger partial charge is 0.491 e. The lowest BCUT2D eigenvalue weighted by atomic mass is 9.83. The topological polar surface area (TPSA) is 156 Å². The van der Waals surface area contributed by atoms with Gasteiger partial charge in [0.05, 0.1) is 47.5 Å². The van der Waals surface area contributed by atoms with Crippen LogP contribution in [0.4, 0.5) is 17.3 Å². The number of carbonyl (C=O) groups is 1. The van der Waals surface area contributed by atoms with Crippen LogP contribution in [0.15, 0.2) is 42.6 Å². The molecule has 0 fully saturated rings. The average Bonchev–Trinajstić information content (AvgIpc) is 3.25. The fourth-order valence-electron chi connectivity index (χ4n) is 4.11. The summed E-state index contributed by atoms with van der Waals surface area (Å²) >= 11 is 0. The highest BCUT2D eigenvalue weighted by atomic mass is 16.5. The minimum atomic E-state index is -0.505. The van der Waals surface area contributed by atoms with Crippen LogP contribution in [0.5, 0.6) is 5.75 Å². The monoisotopic (exact) mass is 497 g/mol. The summed E-state index contributed by atoms with van der Waals surface area (Å²) in [6.07, 6.45) is 2.22. The first-order valence-electron chi connectivity index (χ1n) is 11.8. The van der Waals surface area contributed by atoms with E-state index in [0.29, 0.717) is 54.4 Å². The van der Waals surface area contributed by atoms with Crippen molar-refractivity contribution in [3.8, 4) is 29.1 Å². The predicted molar refractivity (Wildman–Crippen MR) is 138 cm³/mol. The molecule has 1 atom stereocenters. The van der Waals surface area contributed by atoms with Gasteiger partial charge in [0.25, 0.3) is 0 Å². The molecule has 1 unspecified atom stereocenters. The zero-order valence-corrected chi connectivity index (χ0v) is 20.6. The molecule has 10 heteroatoms. The van der Waals surface area contributed by atoms with Gasteiger partial charge in [-0.1, -0.05) is 6.92 Å². The third-order valence-electron chi connectivity index (χ3n) is 6.17. The Labute approximate surface area is 214 Å². The molecule has 1 aliphatic rings. The third kappa shape index (κ3) is 5.61. The molecule has 1 amide bonds. The lowest BCUT2D eigenvalue weighted by Crippen LogP contribution is -2.28. The van der Waals surface area contributed by atoms with Crippen LogP contribution in [0.3, 0.4) is 0 Å². The number of ether oxygens (including phenoxy) is 1. The number of hydrogen-bond donors (Lipinski definition) is 4. The van der Waals surface area contributed by atoms with E-state index in [0.717, 1.165) is 16.8 Å². The number of hydrogen-bond acceptors (Lipinski definition) is 9. The maximum Gasteiger partial charge on any atom is 0.227 e. The van der Waals surface area contributed by atoms with Crippen molar-refractivity contribution in [3.63, 3.8) is 0 Å². The van der Waals surface area contributed by atoms with Crippen molar-refractivity contribution in [1.29, 1.82) is 10.5 Å².